The van der Waals surface area contributed by atoms with E-state index in [0.29, 0.717) is 24.9 Å². The zero-order valence-corrected chi connectivity index (χ0v) is 10.1. The molecule has 3 N–H and O–H groups in total. The van der Waals surface area contributed by atoms with Gasteiger partial charge in [-0.1, -0.05) is 25.1 Å². The number of benzene rings is 1. The lowest BCUT2D eigenvalue weighted by Crippen LogP contribution is -2.24. The summed E-state index contributed by atoms with van der Waals surface area (Å²) in [5, 5.41) is 3.23. The molecule has 0 aliphatic heterocycles. The molecule has 0 saturated heterocycles. The standard InChI is InChI=1S/C13H19FN2O/c1-2-12(16-9-5-8-13(15)17)10-6-3-4-7-11(10)14/h3-4,6-7,12,16H,2,5,8-9H2,1H3,(H2,15,17). The first kappa shape index (κ1) is 13.6. The van der Waals surface area contributed by atoms with Crippen LogP contribution in [0, 0.1) is 5.82 Å². The van der Waals surface area contributed by atoms with Crippen molar-refractivity contribution >= 4 is 5.91 Å². The van der Waals surface area contributed by atoms with Crippen molar-refractivity contribution in [2.24, 2.45) is 5.73 Å². The number of amides is 1. The molecule has 0 heterocycles. The van der Waals surface area contributed by atoms with Crippen molar-refractivity contribution in [2.75, 3.05) is 6.54 Å². The summed E-state index contributed by atoms with van der Waals surface area (Å²) in [6, 6.07) is 6.74. The lowest BCUT2D eigenvalue weighted by atomic mass is 10.0. The number of nitrogens with one attached hydrogen (secondary N) is 1. The number of primary amides is 1. The highest BCUT2D eigenvalue weighted by molar-refractivity contribution is 5.73. The van der Waals surface area contributed by atoms with Gasteiger partial charge in [0.1, 0.15) is 5.82 Å². The second-order valence-corrected chi connectivity index (χ2v) is 4.01. The summed E-state index contributed by atoms with van der Waals surface area (Å²) in [6.07, 6.45) is 1.85. The lowest BCUT2D eigenvalue weighted by molar-refractivity contribution is -0.118. The molecule has 0 radical (unpaired) electrons. The minimum Gasteiger partial charge on any atom is -0.370 e. The van der Waals surface area contributed by atoms with E-state index in [1.54, 1.807) is 12.1 Å². The monoisotopic (exact) mass is 238 g/mol. The number of carbonyl (C=O) groups is 1. The van der Waals surface area contributed by atoms with E-state index in [1.807, 2.05) is 13.0 Å². The van der Waals surface area contributed by atoms with Crippen molar-refractivity contribution < 1.29 is 9.18 Å². The first-order valence-electron chi connectivity index (χ1n) is 5.91. The van der Waals surface area contributed by atoms with E-state index in [0.717, 1.165) is 6.42 Å². The molecule has 0 saturated carbocycles. The Morgan fingerprint density at radius 3 is 2.76 bits per heavy atom. The van der Waals surface area contributed by atoms with Crippen molar-refractivity contribution in [1.82, 2.24) is 5.32 Å². The number of carbonyl (C=O) groups excluding carboxylic acids is 1. The molecule has 0 aromatic heterocycles. The molecule has 0 aliphatic rings. The Labute approximate surface area is 101 Å². The summed E-state index contributed by atoms with van der Waals surface area (Å²) in [5.41, 5.74) is 5.73. The topological polar surface area (TPSA) is 55.1 Å². The molecule has 1 unspecified atom stereocenters. The van der Waals surface area contributed by atoms with Crippen LogP contribution in [0.2, 0.25) is 0 Å². The average molecular weight is 238 g/mol. The third-order valence-electron chi connectivity index (χ3n) is 2.68. The number of hydrogen-bond donors (Lipinski definition) is 2. The number of halogens is 1. The maximum absolute atomic E-state index is 13.5. The zero-order chi connectivity index (χ0) is 12.7. The quantitative estimate of drug-likeness (QED) is 0.715. The Kier molecular flexibility index (Phi) is 5.63. The van der Waals surface area contributed by atoms with Crippen LogP contribution < -0.4 is 11.1 Å². The molecule has 0 fully saturated rings. The highest BCUT2D eigenvalue weighted by atomic mass is 19.1. The Morgan fingerprint density at radius 2 is 2.18 bits per heavy atom. The minimum absolute atomic E-state index is 0.0101. The first-order chi connectivity index (χ1) is 8.15. The van der Waals surface area contributed by atoms with Gasteiger partial charge in [-0.05, 0) is 25.5 Å². The molecule has 1 aromatic carbocycles. The molecule has 94 valence electrons. The summed E-state index contributed by atoms with van der Waals surface area (Å²) in [4.78, 5) is 10.6. The summed E-state index contributed by atoms with van der Waals surface area (Å²) < 4.78 is 13.5. The van der Waals surface area contributed by atoms with Crippen LogP contribution in [0.1, 0.15) is 37.8 Å². The molecule has 1 rings (SSSR count). The van der Waals surface area contributed by atoms with Gasteiger partial charge in [0.25, 0.3) is 0 Å². The van der Waals surface area contributed by atoms with Gasteiger partial charge in [0.2, 0.25) is 5.91 Å². The second kappa shape index (κ2) is 7.01. The van der Waals surface area contributed by atoms with Crippen molar-refractivity contribution in [2.45, 2.75) is 32.2 Å². The second-order valence-electron chi connectivity index (χ2n) is 4.01. The van der Waals surface area contributed by atoms with E-state index in [2.05, 4.69) is 5.32 Å². The average Bonchev–Trinajstić information content (AvgIpc) is 2.30. The highest BCUT2D eigenvalue weighted by Gasteiger charge is 2.12. The minimum atomic E-state index is -0.300. The van der Waals surface area contributed by atoms with Crippen LogP contribution in [0.4, 0.5) is 4.39 Å². The Balaban J connectivity index is 2.49. The summed E-state index contributed by atoms with van der Waals surface area (Å²) in [5.74, 6) is -0.493. The smallest absolute Gasteiger partial charge is 0.217 e. The van der Waals surface area contributed by atoms with Crippen LogP contribution in [0.3, 0.4) is 0 Å². The largest absolute Gasteiger partial charge is 0.370 e. The van der Waals surface area contributed by atoms with E-state index in [-0.39, 0.29) is 17.8 Å². The predicted molar refractivity (Wildman–Crippen MR) is 65.9 cm³/mol. The zero-order valence-electron chi connectivity index (χ0n) is 10.1. The molecular formula is C13H19FN2O. The Bertz CT molecular complexity index is 368. The lowest BCUT2D eigenvalue weighted by Gasteiger charge is -2.17. The van der Waals surface area contributed by atoms with Gasteiger partial charge >= 0.3 is 0 Å². The van der Waals surface area contributed by atoms with Gasteiger partial charge in [-0.15, -0.1) is 0 Å². The fourth-order valence-corrected chi connectivity index (χ4v) is 1.77. The van der Waals surface area contributed by atoms with Crippen LogP contribution in [0.5, 0.6) is 0 Å². The molecule has 3 nitrogen and oxygen atoms in total. The number of rotatable bonds is 7. The maximum Gasteiger partial charge on any atom is 0.217 e. The third-order valence-corrected chi connectivity index (χ3v) is 2.68. The normalized spacial score (nSPS) is 12.4. The van der Waals surface area contributed by atoms with Gasteiger partial charge in [0.05, 0.1) is 0 Å². The van der Waals surface area contributed by atoms with Gasteiger partial charge in [-0.25, -0.2) is 4.39 Å². The molecule has 4 heteroatoms. The molecule has 17 heavy (non-hydrogen) atoms. The van der Waals surface area contributed by atoms with E-state index in [4.69, 9.17) is 5.73 Å². The van der Waals surface area contributed by atoms with Crippen molar-refractivity contribution in [3.63, 3.8) is 0 Å². The summed E-state index contributed by atoms with van der Waals surface area (Å²) in [6.45, 7) is 2.66. The SMILES string of the molecule is CCC(NCCCC(N)=O)c1ccccc1F. The third kappa shape index (κ3) is 4.53. The number of nitrogens with two attached hydrogens (primary N) is 1. The van der Waals surface area contributed by atoms with Crippen molar-refractivity contribution in [1.29, 1.82) is 0 Å². The molecular weight excluding hydrogens is 219 g/mol. The van der Waals surface area contributed by atoms with Crippen LogP contribution in [0.25, 0.3) is 0 Å². The molecule has 0 bridgehead atoms. The van der Waals surface area contributed by atoms with Gasteiger partial charge < -0.3 is 11.1 Å². The molecule has 0 aliphatic carbocycles. The molecule has 1 aromatic rings. The first-order valence-corrected chi connectivity index (χ1v) is 5.91. The fraction of sp³-hybridized carbons (Fsp3) is 0.462. The van der Waals surface area contributed by atoms with Gasteiger partial charge in [-0.3, -0.25) is 4.79 Å². The van der Waals surface area contributed by atoms with Gasteiger partial charge in [-0.2, -0.15) is 0 Å². The van der Waals surface area contributed by atoms with Crippen LogP contribution in [-0.4, -0.2) is 12.5 Å². The van der Waals surface area contributed by atoms with Gasteiger partial charge in [0.15, 0.2) is 0 Å². The summed E-state index contributed by atoms with van der Waals surface area (Å²) >= 11 is 0. The molecule has 1 atom stereocenters. The van der Waals surface area contributed by atoms with Crippen LogP contribution in [-0.2, 0) is 4.79 Å². The Hall–Kier alpha value is -1.42. The van der Waals surface area contributed by atoms with Crippen molar-refractivity contribution in [3.05, 3.63) is 35.6 Å². The maximum atomic E-state index is 13.5. The van der Waals surface area contributed by atoms with E-state index in [1.165, 1.54) is 6.07 Å². The predicted octanol–water partition coefficient (Wildman–Crippen LogP) is 2.13. The van der Waals surface area contributed by atoms with E-state index < -0.39 is 0 Å². The van der Waals surface area contributed by atoms with Crippen molar-refractivity contribution in [3.8, 4) is 0 Å². The van der Waals surface area contributed by atoms with Crippen LogP contribution >= 0.6 is 0 Å². The summed E-state index contributed by atoms with van der Waals surface area (Å²) in [7, 11) is 0. The van der Waals surface area contributed by atoms with Gasteiger partial charge in [0, 0.05) is 18.0 Å². The van der Waals surface area contributed by atoms with Crippen LogP contribution in [0.15, 0.2) is 24.3 Å². The Morgan fingerprint density at radius 1 is 1.47 bits per heavy atom. The fourth-order valence-electron chi connectivity index (χ4n) is 1.77. The number of hydrogen-bond acceptors (Lipinski definition) is 2. The molecule has 1 amide bonds. The highest BCUT2D eigenvalue weighted by Crippen LogP contribution is 2.19. The molecule has 0 spiro atoms. The van der Waals surface area contributed by atoms with E-state index >= 15 is 0 Å². The van der Waals surface area contributed by atoms with E-state index in [9.17, 15) is 9.18 Å².